The van der Waals surface area contributed by atoms with Gasteiger partial charge in [-0.2, -0.15) is 0 Å². The highest BCUT2D eigenvalue weighted by atomic mass is 32.2. The third kappa shape index (κ3) is 11.3. The normalized spacial score (nSPS) is 12.1. The quantitative estimate of drug-likeness (QED) is 0.241. The van der Waals surface area contributed by atoms with Crippen LogP contribution in [0.3, 0.4) is 0 Å². The van der Waals surface area contributed by atoms with Gasteiger partial charge in [0.25, 0.3) is 0 Å². The molecule has 16 heavy (non-hydrogen) atoms. The maximum absolute atomic E-state index is 10.6. The van der Waals surface area contributed by atoms with Crippen LogP contribution in [0.2, 0.25) is 0 Å². The highest BCUT2D eigenvalue weighted by molar-refractivity contribution is 7.74. The molecule has 0 aromatic heterocycles. The van der Waals surface area contributed by atoms with Crippen LogP contribution < -0.4 is 0 Å². The minimum atomic E-state index is -2.44. The van der Waals surface area contributed by atoms with Crippen molar-refractivity contribution in [3.05, 3.63) is 12.7 Å². The Balaban J connectivity index is 3.07. The molecule has 0 saturated heterocycles. The summed E-state index contributed by atoms with van der Waals surface area (Å²) in [5.74, 6) is -0.477. The van der Waals surface area contributed by atoms with Crippen molar-refractivity contribution in [3.8, 4) is 0 Å². The van der Waals surface area contributed by atoms with Crippen molar-refractivity contribution in [2.24, 2.45) is 0 Å². The predicted octanol–water partition coefficient (Wildman–Crippen LogP) is 0.323. The van der Waals surface area contributed by atoms with Crippen LogP contribution in [0.1, 0.15) is 12.8 Å². The van der Waals surface area contributed by atoms with E-state index in [4.69, 9.17) is 4.74 Å². The molecule has 0 fully saturated rings. The van der Waals surface area contributed by atoms with Gasteiger partial charge in [0.15, 0.2) is 0 Å². The molecule has 0 heterocycles. The van der Waals surface area contributed by atoms with Crippen LogP contribution in [0.15, 0.2) is 12.7 Å². The number of unbranched alkanes of at least 4 members (excludes halogenated alkanes) is 1. The molecule has 0 radical (unpaired) electrons. The number of rotatable bonds is 10. The molecule has 0 aromatic rings. The van der Waals surface area contributed by atoms with E-state index in [-0.39, 0.29) is 13.2 Å². The lowest BCUT2D eigenvalue weighted by Crippen LogP contribution is -2.09. The molecule has 0 amide bonds. The van der Waals surface area contributed by atoms with E-state index in [1.54, 1.807) is 0 Å². The van der Waals surface area contributed by atoms with Crippen LogP contribution in [0.5, 0.6) is 0 Å². The maximum atomic E-state index is 10.6. The lowest BCUT2D eigenvalue weighted by Gasteiger charge is -2.06. The topological polar surface area (TPSA) is 84.9 Å². The number of ether oxygens (including phenoxy) is 2. The first-order chi connectivity index (χ1) is 7.66. The van der Waals surface area contributed by atoms with Gasteiger partial charge >= 0.3 is 5.97 Å². The summed E-state index contributed by atoms with van der Waals surface area (Å²) in [6, 6.07) is 0. The van der Waals surface area contributed by atoms with Gasteiger partial charge in [-0.15, -0.1) is 0 Å². The second-order valence-corrected chi connectivity index (χ2v) is 3.36. The van der Waals surface area contributed by atoms with E-state index in [0.717, 1.165) is 6.08 Å². The first kappa shape index (κ1) is 15.2. The van der Waals surface area contributed by atoms with Crippen LogP contribution in [-0.2, 0) is 29.8 Å². The standard InChI is InChI=1S/C9H16O6S/c1-2-9(10)14-8-7-13-5-3-4-6-15-16(11)12/h2H,1,3-8H2,(H,11,12)/p-1. The summed E-state index contributed by atoms with van der Waals surface area (Å²) in [6.45, 7) is 4.37. The van der Waals surface area contributed by atoms with Crippen LogP contribution in [-0.4, -0.2) is 41.2 Å². The molecule has 0 bridgehead atoms. The molecule has 0 aliphatic carbocycles. The van der Waals surface area contributed by atoms with Gasteiger partial charge in [0.2, 0.25) is 0 Å². The largest absolute Gasteiger partial charge is 0.750 e. The molecule has 1 unspecified atom stereocenters. The molecule has 1 atom stereocenters. The monoisotopic (exact) mass is 251 g/mol. The number of carbonyl (C=O) groups excluding carboxylic acids is 1. The second-order valence-electron chi connectivity index (χ2n) is 2.72. The molecule has 94 valence electrons. The summed E-state index contributed by atoms with van der Waals surface area (Å²) < 4.78 is 34.0. The SMILES string of the molecule is C=CC(=O)OCCOCCCCOS(=O)[O-]. The molecule has 0 aliphatic heterocycles. The first-order valence-electron chi connectivity index (χ1n) is 4.76. The van der Waals surface area contributed by atoms with E-state index in [2.05, 4.69) is 15.5 Å². The molecule has 0 aliphatic rings. The summed E-state index contributed by atoms with van der Waals surface area (Å²) in [7, 11) is 0. The predicted molar refractivity (Wildman–Crippen MR) is 56.1 cm³/mol. The van der Waals surface area contributed by atoms with Gasteiger partial charge in [0.1, 0.15) is 6.61 Å². The zero-order chi connectivity index (χ0) is 12.2. The van der Waals surface area contributed by atoms with Gasteiger partial charge in [-0.1, -0.05) is 6.58 Å². The summed E-state index contributed by atoms with van der Waals surface area (Å²) >= 11 is -2.44. The summed E-state index contributed by atoms with van der Waals surface area (Å²) in [4.78, 5) is 10.6. The van der Waals surface area contributed by atoms with Gasteiger partial charge in [0.05, 0.1) is 24.6 Å². The Morgan fingerprint density at radius 2 is 1.94 bits per heavy atom. The number of hydrogen-bond donors (Lipinski definition) is 0. The van der Waals surface area contributed by atoms with E-state index in [9.17, 15) is 13.6 Å². The molecule has 0 rings (SSSR count). The van der Waals surface area contributed by atoms with Crippen molar-refractivity contribution >= 4 is 17.3 Å². The minimum absolute atomic E-state index is 0.158. The molecular formula is C9H15O6S-. The van der Waals surface area contributed by atoms with Crippen LogP contribution in [0.25, 0.3) is 0 Å². The third-order valence-electron chi connectivity index (χ3n) is 1.50. The number of hydrogen-bond acceptors (Lipinski definition) is 6. The van der Waals surface area contributed by atoms with E-state index < -0.39 is 17.3 Å². The average Bonchev–Trinajstić information content (AvgIpc) is 2.26. The van der Waals surface area contributed by atoms with Gasteiger partial charge in [-0.3, -0.25) is 0 Å². The number of carbonyl (C=O) groups is 1. The lowest BCUT2D eigenvalue weighted by molar-refractivity contribution is -0.139. The Hall–Kier alpha value is -0.760. The average molecular weight is 251 g/mol. The van der Waals surface area contributed by atoms with Crippen molar-refractivity contribution in [1.82, 2.24) is 0 Å². The van der Waals surface area contributed by atoms with Crippen LogP contribution >= 0.6 is 0 Å². The fourth-order valence-corrected chi connectivity index (χ4v) is 1.05. The molecule has 0 N–H and O–H groups in total. The maximum Gasteiger partial charge on any atom is 0.330 e. The smallest absolute Gasteiger partial charge is 0.330 e. The summed E-state index contributed by atoms with van der Waals surface area (Å²) in [6.07, 6.45) is 2.37. The van der Waals surface area contributed by atoms with Crippen LogP contribution in [0, 0.1) is 0 Å². The summed E-state index contributed by atoms with van der Waals surface area (Å²) in [5, 5.41) is 0. The van der Waals surface area contributed by atoms with Crippen molar-refractivity contribution in [2.45, 2.75) is 12.8 Å². The third-order valence-corrected chi connectivity index (χ3v) is 1.86. The zero-order valence-corrected chi connectivity index (χ0v) is 9.70. The van der Waals surface area contributed by atoms with Crippen molar-refractivity contribution in [1.29, 1.82) is 0 Å². The van der Waals surface area contributed by atoms with Gasteiger partial charge in [-0.05, 0) is 12.8 Å². The fourth-order valence-electron chi connectivity index (χ4n) is 0.795. The van der Waals surface area contributed by atoms with E-state index in [1.165, 1.54) is 0 Å². The molecule has 0 spiro atoms. The molecule has 0 saturated carbocycles. The molecular weight excluding hydrogens is 236 g/mol. The second kappa shape index (κ2) is 10.7. The Kier molecular flexibility index (Phi) is 10.2. The Morgan fingerprint density at radius 1 is 1.25 bits per heavy atom. The summed E-state index contributed by atoms with van der Waals surface area (Å²) in [5.41, 5.74) is 0. The Morgan fingerprint density at radius 3 is 2.56 bits per heavy atom. The minimum Gasteiger partial charge on any atom is -0.750 e. The highest BCUT2D eigenvalue weighted by Crippen LogP contribution is 1.92. The highest BCUT2D eigenvalue weighted by Gasteiger charge is 1.95. The van der Waals surface area contributed by atoms with Crippen molar-refractivity contribution < 1.29 is 27.2 Å². The molecule has 0 aromatic carbocycles. The Labute approximate surface area is 97.1 Å². The molecule has 7 heteroatoms. The van der Waals surface area contributed by atoms with E-state index in [1.807, 2.05) is 0 Å². The van der Waals surface area contributed by atoms with Gasteiger partial charge in [0, 0.05) is 12.7 Å². The van der Waals surface area contributed by atoms with Crippen LogP contribution in [0.4, 0.5) is 0 Å². The lowest BCUT2D eigenvalue weighted by atomic mass is 10.3. The Bertz CT molecular complexity index is 230. The van der Waals surface area contributed by atoms with Crippen molar-refractivity contribution in [3.63, 3.8) is 0 Å². The van der Waals surface area contributed by atoms with E-state index in [0.29, 0.717) is 26.1 Å². The van der Waals surface area contributed by atoms with Crippen molar-refractivity contribution in [2.75, 3.05) is 26.4 Å². The van der Waals surface area contributed by atoms with E-state index >= 15 is 0 Å². The number of esters is 1. The van der Waals surface area contributed by atoms with Gasteiger partial charge < -0.3 is 18.2 Å². The zero-order valence-electron chi connectivity index (χ0n) is 8.88. The fraction of sp³-hybridized carbons (Fsp3) is 0.667. The first-order valence-corrected chi connectivity index (χ1v) is 5.76. The van der Waals surface area contributed by atoms with Gasteiger partial charge in [-0.25, -0.2) is 9.00 Å². The molecule has 6 nitrogen and oxygen atoms in total.